The van der Waals surface area contributed by atoms with E-state index in [-0.39, 0.29) is 42.1 Å². The minimum atomic E-state index is -4.78. The molecule has 1 atom stereocenters. The smallest absolute Gasteiger partial charge is 0.348 e. The van der Waals surface area contributed by atoms with Crippen molar-refractivity contribution < 1.29 is 41.5 Å². The van der Waals surface area contributed by atoms with E-state index in [1.807, 2.05) is 0 Å². The largest absolute Gasteiger partial charge is 0.416 e. The van der Waals surface area contributed by atoms with E-state index in [0.29, 0.717) is 12.1 Å². The van der Waals surface area contributed by atoms with Gasteiger partial charge in [0.15, 0.2) is 0 Å². The average Bonchev–Trinajstić information content (AvgIpc) is 3.02. The van der Waals surface area contributed by atoms with Crippen molar-refractivity contribution in [2.75, 3.05) is 0 Å². The fourth-order valence-corrected chi connectivity index (χ4v) is 3.88. The number of halogens is 4. The molecule has 2 N–H and O–H groups in total. The Morgan fingerprint density at radius 1 is 1.09 bits per heavy atom. The van der Waals surface area contributed by atoms with Gasteiger partial charge in [-0.1, -0.05) is 12.1 Å². The topological polar surface area (TPSA) is 113 Å². The Morgan fingerprint density at radius 3 is 2.47 bits per heavy atom. The average molecular weight is 477 g/mol. The molecule has 2 aromatic carbocycles. The van der Waals surface area contributed by atoms with E-state index >= 15 is 0 Å². The van der Waals surface area contributed by atoms with Crippen molar-refractivity contribution in [3.8, 4) is 0 Å². The number of imide groups is 2. The van der Waals surface area contributed by atoms with Gasteiger partial charge < -0.3 is 5.32 Å². The van der Waals surface area contributed by atoms with Crippen LogP contribution < -0.4 is 10.6 Å². The van der Waals surface area contributed by atoms with Gasteiger partial charge in [-0.3, -0.25) is 34.2 Å². The van der Waals surface area contributed by atoms with Crippen LogP contribution in [0.3, 0.4) is 0 Å². The molecule has 0 radical (unpaired) electrons. The number of fused-ring (bicyclic) bond motifs is 1. The highest BCUT2D eigenvalue weighted by molar-refractivity contribution is 6.24. The van der Waals surface area contributed by atoms with E-state index in [1.54, 1.807) is 0 Å². The van der Waals surface area contributed by atoms with E-state index in [9.17, 15) is 41.5 Å². The molecule has 0 aromatic heterocycles. The first-order chi connectivity index (χ1) is 16.0. The zero-order chi connectivity index (χ0) is 24.8. The van der Waals surface area contributed by atoms with E-state index in [4.69, 9.17) is 0 Å². The molecule has 2 heterocycles. The lowest BCUT2D eigenvalue weighted by Crippen LogP contribution is -2.54. The lowest BCUT2D eigenvalue weighted by Gasteiger charge is -2.27. The number of alkyl halides is 3. The van der Waals surface area contributed by atoms with Gasteiger partial charge in [0.05, 0.1) is 22.3 Å². The van der Waals surface area contributed by atoms with Gasteiger partial charge in [0.25, 0.3) is 17.7 Å². The third-order valence-electron chi connectivity index (χ3n) is 5.53. The van der Waals surface area contributed by atoms with Crippen molar-refractivity contribution in [3.63, 3.8) is 0 Å². The molecule has 4 rings (SSSR count). The van der Waals surface area contributed by atoms with Gasteiger partial charge >= 0.3 is 6.18 Å². The van der Waals surface area contributed by atoms with Crippen molar-refractivity contribution >= 4 is 29.5 Å². The number of rotatable bonds is 4. The summed E-state index contributed by atoms with van der Waals surface area (Å²) in [6.45, 7) is -0.343. The number of amides is 5. The predicted molar refractivity (Wildman–Crippen MR) is 106 cm³/mol. The van der Waals surface area contributed by atoms with Crippen molar-refractivity contribution in [2.45, 2.75) is 31.6 Å². The highest BCUT2D eigenvalue weighted by Crippen LogP contribution is 2.31. The maximum Gasteiger partial charge on any atom is 0.416 e. The summed E-state index contributed by atoms with van der Waals surface area (Å²) < 4.78 is 52.2. The Kier molecular flexibility index (Phi) is 5.67. The van der Waals surface area contributed by atoms with Crippen molar-refractivity contribution in [2.24, 2.45) is 0 Å². The SMILES string of the molecule is O=C1CCC(N2C(=O)c3cccc(CNC(=O)c4ccc(C(F)(F)F)cc4F)c3C2=O)C(=O)N1. The second kappa shape index (κ2) is 8.36. The van der Waals surface area contributed by atoms with Crippen LogP contribution in [0.2, 0.25) is 0 Å². The Labute approximate surface area is 188 Å². The summed E-state index contributed by atoms with van der Waals surface area (Å²) >= 11 is 0. The van der Waals surface area contributed by atoms with Crippen LogP contribution in [0.15, 0.2) is 36.4 Å². The summed E-state index contributed by atoms with van der Waals surface area (Å²) in [6, 6.07) is 4.53. The maximum absolute atomic E-state index is 14.1. The third-order valence-corrected chi connectivity index (χ3v) is 5.53. The summed E-state index contributed by atoms with van der Waals surface area (Å²) in [5, 5.41) is 4.40. The Hall–Kier alpha value is -4.09. The second-order valence-corrected chi connectivity index (χ2v) is 7.66. The normalized spacial score (nSPS) is 18.1. The van der Waals surface area contributed by atoms with Gasteiger partial charge in [-0.2, -0.15) is 13.2 Å². The van der Waals surface area contributed by atoms with Crippen LogP contribution in [-0.2, 0) is 22.3 Å². The lowest BCUT2D eigenvalue weighted by molar-refractivity contribution is -0.138. The standard InChI is InChI=1S/C22H15F4N3O5/c23-14-8-11(22(24,25)26)4-5-12(14)18(31)27-9-10-2-1-3-13-17(10)21(34)29(20(13)33)15-6-7-16(30)28-19(15)32/h1-5,8,15H,6-7,9H2,(H,27,31)(H,28,30,32). The van der Waals surface area contributed by atoms with Crippen LogP contribution in [0, 0.1) is 5.82 Å². The minimum Gasteiger partial charge on any atom is -0.348 e. The zero-order valence-corrected chi connectivity index (χ0v) is 17.2. The number of benzene rings is 2. The van der Waals surface area contributed by atoms with Crippen LogP contribution in [0.25, 0.3) is 0 Å². The van der Waals surface area contributed by atoms with Gasteiger partial charge in [0.2, 0.25) is 11.8 Å². The molecule has 0 saturated carbocycles. The molecule has 2 aromatic rings. The number of nitrogens with zero attached hydrogens (tertiary/aromatic N) is 1. The number of hydrogen-bond acceptors (Lipinski definition) is 5. The van der Waals surface area contributed by atoms with E-state index < -0.39 is 58.7 Å². The van der Waals surface area contributed by atoms with Gasteiger partial charge in [0.1, 0.15) is 11.9 Å². The van der Waals surface area contributed by atoms with Gasteiger partial charge in [-0.05, 0) is 36.2 Å². The van der Waals surface area contributed by atoms with E-state index in [1.165, 1.54) is 18.2 Å². The monoisotopic (exact) mass is 477 g/mol. The first kappa shape index (κ1) is 23.1. The second-order valence-electron chi connectivity index (χ2n) is 7.66. The summed E-state index contributed by atoms with van der Waals surface area (Å²) in [7, 11) is 0. The highest BCUT2D eigenvalue weighted by Gasteiger charge is 2.45. The Morgan fingerprint density at radius 2 is 1.82 bits per heavy atom. The number of piperidine rings is 1. The fourth-order valence-electron chi connectivity index (χ4n) is 3.88. The van der Waals surface area contributed by atoms with Crippen LogP contribution >= 0.6 is 0 Å². The van der Waals surface area contributed by atoms with E-state index in [0.717, 1.165) is 4.90 Å². The molecule has 176 valence electrons. The Bertz CT molecular complexity index is 1260. The molecule has 0 spiro atoms. The summed E-state index contributed by atoms with van der Waals surface area (Å²) in [5.41, 5.74) is -1.77. The predicted octanol–water partition coefficient (Wildman–Crippen LogP) is 2.18. The number of carbonyl (C=O) groups excluding carboxylic acids is 5. The molecule has 12 heteroatoms. The minimum absolute atomic E-state index is 0.0119. The van der Waals surface area contributed by atoms with Crippen LogP contribution in [-0.4, -0.2) is 40.5 Å². The molecule has 1 unspecified atom stereocenters. The molecule has 2 aliphatic heterocycles. The zero-order valence-electron chi connectivity index (χ0n) is 17.2. The first-order valence-electron chi connectivity index (χ1n) is 9.97. The molecule has 2 aliphatic rings. The molecular weight excluding hydrogens is 462 g/mol. The maximum atomic E-state index is 14.1. The first-order valence-corrected chi connectivity index (χ1v) is 9.97. The van der Waals surface area contributed by atoms with Crippen LogP contribution in [0.5, 0.6) is 0 Å². The van der Waals surface area contributed by atoms with Crippen LogP contribution in [0.1, 0.15) is 55.0 Å². The Balaban J connectivity index is 1.54. The quantitative estimate of drug-likeness (QED) is 0.518. The number of carbonyl (C=O) groups is 5. The molecule has 5 amide bonds. The number of hydrogen-bond donors (Lipinski definition) is 2. The molecule has 1 fully saturated rings. The van der Waals surface area contributed by atoms with Crippen molar-refractivity contribution in [3.05, 3.63) is 70.0 Å². The third kappa shape index (κ3) is 4.02. The van der Waals surface area contributed by atoms with Crippen molar-refractivity contribution in [1.82, 2.24) is 15.5 Å². The summed E-state index contributed by atoms with van der Waals surface area (Å²) in [5.74, 6) is -5.23. The summed E-state index contributed by atoms with van der Waals surface area (Å²) in [6.07, 6.45) is -4.86. The van der Waals surface area contributed by atoms with E-state index in [2.05, 4.69) is 10.6 Å². The highest BCUT2D eigenvalue weighted by atomic mass is 19.4. The number of nitrogens with one attached hydrogen (secondary N) is 2. The molecule has 34 heavy (non-hydrogen) atoms. The summed E-state index contributed by atoms with van der Waals surface area (Å²) in [4.78, 5) is 62.5. The van der Waals surface area contributed by atoms with Crippen LogP contribution in [0.4, 0.5) is 17.6 Å². The molecule has 0 aliphatic carbocycles. The van der Waals surface area contributed by atoms with Gasteiger partial charge in [-0.25, -0.2) is 4.39 Å². The molecule has 1 saturated heterocycles. The van der Waals surface area contributed by atoms with Gasteiger partial charge in [-0.15, -0.1) is 0 Å². The molecular formula is C22H15F4N3O5. The van der Waals surface area contributed by atoms with Crippen molar-refractivity contribution in [1.29, 1.82) is 0 Å². The lowest BCUT2D eigenvalue weighted by atomic mass is 10.0. The fraction of sp³-hybridized carbons (Fsp3) is 0.227. The van der Waals surface area contributed by atoms with Gasteiger partial charge in [0, 0.05) is 13.0 Å². The molecule has 0 bridgehead atoms. The molecule has 8 nitrogen and oxygen atoms in total.